The van der Waals surface area contributed by atoms with E-state index in [4.69, 9.17) is 0 Å². The van der Waals surface area contributed by atoms with Crippen LogP contribution in [0.2, 0.25) is 0 Å². The highest BCUT2D eigenvalue weighted by molar-refractivity contribution is 5.81. The summed E-state index contributed by atoms with van der Waals surface area (Å²) in [6, 6.07) is 0. The molecule has 0 aliphatic heterocycles. The molecule has 158 valence electrons. The first-order valence-electron chi connectivity index (χ1n) is 7.69. The topological polar surface area (TPSA) is 66.8 Å². The van der Waals surface area contributed by atoms with E-state index in [1.54, 1.807) is 0 Å². The molecular weight excluding hydrogens is 396 g/mol. The van der Waals surface area contributed by atoms with E-state index in [1.807, 2.05) is 0 Å². The van der Waals surface area contributed by atoms with Crippen LogP contribution < -0.4 is 0 Å². The van der Waals surface area contributed by atoms with Crippen LogP contribution in [0.4, 0.5) is 35.1 Å². The summed E-state index contributed by atoms with van der Waals surface area (Å²) >= 11 is 0. The number of halogens is 8. The molecule has 0 aromatic rings. The third-order valence-electron chi connectivity index (χ3n) is 4.85. The summed E-state index contributed by atoms with van der Waals surface area (Å²) in [5.41, 5.74) is -8.10. The van der Waals surface area contributed by atoms with Gasteiger partial charge in [0.15, 0.2) is 11.2 Å². The van der Waals surface area contributed by atoms with Crippen molar-refractivity contribution < 1.29 is 54.9 Å². The lowest BCUT2D eigenvalue weighted by Crippen LogP contribution is -2.60. The zero-order valence-corrected chi connectivity index (χ0v) is 13.8. The van der Waals surface area contributed by atoms with Gasteiger partial charge >= 0.3 is 18.3 Å². The number of alkyl halides is 8. The Hall–Kier alpha value is -1.43. The average molecular weight is 414 g/mol. The average Bonchev–Trinajstić information content (AvgIpc) is 2.57. The van der Waals surface area contributed by atoms with E-state index in [0.29, 0.717) is 6.08 Å². The molecule has 1 aliphatic rings. The molecule has 1 fully saturated rings. The molecule has 4 unspecified atom stereocenters. The summed E-state index contributed by atoms with van der Waals surface area (Å²) in [6.07, 6.45) is -15.1. The number of rotatable bonds is 6. The summed E-state index contributed by atoms with van der Waals surface area (Å²) < 4.78 is 109. The van der Waals surface area contributed by atoms with Crippen LogP contribution in [-0.4, -0.2) is 59.2 Å². The molecule has 0 bridgehead atoms. The van der Waals surface area contributed by atoms with Crippen LogP contribution in [0.25, 0.3) is 0 Å². The highest BCUT2D eigenvalue weighted by Gasteiger charge is 2.65. The van der Waals surface area contributed by atoms with Gasteiger partial charge in [-0.2, -0.15) is 26.3 Å². The van der Waals surface area contributed by atoms with E-state index in [1.165, 1.54) is 0 Å². The highest BCUT2D eigenvalue weighted by atomic mass is 19.4. The van der Waals surface area contributed by atoms with Crippen LogP contribution in [0.5, 0.6) is 0 Å². The van der Waals surface area contributed by atoms with Crippen LogP contribution in [0.15, 0.2) is 12.7 Å². The quantitative estimate of drug-likeness (QED) is 0.399. The van der Waals surface area contributed by atoms with Crippen molar-refractivity contribution in [2.45, 2.75) is 48.9 Å². The third kappa shape index (κ3) is 4.53. The van der Waals surface area contributed by atoms with Gasteiger partial charge in [0.25, 0.3) is 0 Å². The summed E-state index contributed by atoms with van der Waals surface area (Å²) in [5.74, 6) is -5.63. The summed E-state index contributed by atoms with van der Waals surface area (Å²) in [7, 11) is 0. The summed E-state index contributed by atoms with van der Waals surface area (Å²) in [5, 5.41) is 19.5. The Balaban J connectivity index is 3.34. The van der Waals surface area contributed by atoms with Gasteiger partial charge in [0.2, 0.25) is 0 Å². The van der Waals surface area contributed by atoms with Gasteiger partial charge in [-0.05, 0) is 19.3 Å². The number of aliphatic hydroxyl groups is 2. The van der Waals surface area contributed by atoms with E-state index in [2.05, 4.69) is 11.3 Å². The molecule has 1 saturated carbocycles. The van der Waals surface area contributed by atoms with Gasteiger partial charge in [-0.25, -0.2) is 13.6 Å². The fourth-order valence-electron chi connectivity index (χ4n) is 3.19. The first-order chi connectivity index (χ1) is 12.2. The Morgan fingerprint density at radius 1 is 0.926 bits per heavy atom. The second kappa shape index (κ2) is 7.90. The lowest BCUT2D eigenvalue weighted by molar-refractivity contribution is -0.311. The molecule has 0 aromatic heterocycles. The van der Waals surface area contributed by atoms with E-state index in [0.717, 1.165) is 0 Å². The maximum absolute atomic E-state index is 13.1. The molecule has 4 atom stereocenters. The van der Waals surface area contributed by atoms with Crippen molar-refractivity contribution in [1.82, 2.24) is 0 Å². The Kier molecular flexibility index (Phi) is 6.91. The van der Waals surface area contributed by atoms with Crippen molar-refractivity contribution >= 4 is 5.97 Å². The van der Waals surface area contributed by atoms with Gasteiger partial charge in [-0.1, -0.05) is 6.58 Å². The molecule has 0 aromatic carbocycles. The van der Waals surface area contributed by atoms with Crippen molar-refractivity contribution in [3.05, 3.63) is 12.7 Å². The number of hydrogen-bond acceptors (Lipinski definition) is 4. The van der Waals surface area contributed by atoms with Gasteiger partial charge in [0.1, 0.15) is 19.5 Å². The Bertz CT molecular complexity index is 513. The smallest absolute Gasteiger partial charge is 0.420 e. The maximum Gasteiger partial charge on any atom is 0.420 e. The van der Waals surface area contributed by atoms with E-state index in [9.17, 15) is 50.1 Å². The largest absolute Gasteiger partial charge is 0.459 e. The first-order valence-corrected chi connectivity index (χ1v) is 7.69. The van der Waals surface area contributed by atoms with Crippen molar-refractivity contribution in [2.24, 2.45) is 11.8 Å². The summed E-state index contributed by atoms with van der Waals surface area (Å²) in [4.78, 5) is 11.3. The second-order valence-corrected chi connectivity index (χ2v) is 6.48. The lowest BCUT2D eigenvalue weighted by Gasteiger charge is -2.46. The standard InChI is InChI=1S/C15H18F8O4/c1-2-11(24)27-10-4-8(12(25,6-16)14(18,19)20)3-9(5-10)13(26,7-17)15(21,22)23/h2,8-10,25-26H,1,3-7H2. The van der Waals surface area contributed by atoms with E-state index in [-0.39, 0.29) is 0 Å². The minimum atomic E-state index is -5.56. The maximum atomic E-state index is 13.1. The second-order valence-electron chi connectivity index (χ2n) is 6.48. The van der Waals surface area contributed by atoms with Crippen LogP contribution >= 0.6 is 0 Å². The van der Waals surface area contributed by atoms with Crippen LogP contribution in [-0.2, 0) is 9.53 Å². The molecule has 0 radical (unpaired) electrons. The molecule has 1 aliphatic carbocycles. The van der Waals surface area contributed by atoms with Crippen molar-refractivity contribution in [2.75, 3.05) is 13.3 Å². The first kappa shape index (κ1) is 23.6. The van der Waals surface area contributed by atoms with Crippen molar-refractivity contribution in [1.29, 1.82) is 0 Å². The van der Waals surface area contributed by atoms with Gasteiger partial charge in [0.05, 0.1) is 0 Å². The minimum Gasteiger partial charge on any atom is -0.459 e. The van der Waals surface area contributed by atoms with E-state index >= 15 is 0 Å². The number of ether oxygens (including phenoxy) is 1. The molecule has 0 spiro atoms. The molecule has 2 N–H and O–H groups in total. The Labute approximate surface area is 148 Å². The predicted molar refractivity (Wildman–Crippen MR) is 74.9 cm³/mol. The fourth-order valence-corrected chi connectivity index (χ4v) is 3.19. The van der Waals surface area contributed by atoms with Gasteiger partial charge in [-0.15, -0.1) is 0 Å². The van der Waals surface area contributed by atoms with Crippen LogP contribution in [0.3, 0.4) is 0 Å². The monoisotopic (exact) mass is 414 g/mol. The van der Waals surface area contributed by atoms with Gasteiger partial charge < -0.3 is 14.9 Å². The molecule has 1 rings (SSSR count). The number of carbonyl (C=O) groups excluding carboxylic acids is 1. The molecule has 0 heterocycles. The molecule has 0 saturated heterocycles. The minimum absolute atomic E-state index is 0.592. The molecular formula is C15H18F8O4. The number of carbonyl (C=O) groups is 1. The normalized spacial score (nSPS) is 28.7. The predicted octanol–water partition coefficient (Wildman–Crippen LogP) is 3.03. The molecule has 4 nitrogen and oxygen atoms in total. The third-order valence-corrected chi connectivity index (χ3v) is 4.85. The Morgan fingerprint density at radius 2 is 1.30 bits per heavy atom. The molecule has 0 amide bonds. The van der Waals surface area contributed by atoms with Crippen molar-refractivity contribution in [3.8, 4) is 0 Å². The van der Waals surface area contributed by atoms with Crippen LogP contribution in [0.1, 0.15) is 19.3 Å². The SMILES string of the molecule is C=CC(=O)OC1CC(C(O)(CF)C(F)(F)F)CC(C(O)(CF)C(F)(F)F)C1. The van der Waals surface area contributed by atoms with Crippen LogP contribution in [0, 0.1) is 11.8 Å². The number of hydrogen-bond donors (Lipinski definition) is 2. The van der Waals surface area contributed by atoms with Gasteiger partial charge in [0, 0.05) is 17.9 Å². The lowest BCUT2D eigenvalue weighted by atomic mass is 9.66. The Morgan fingerprint density at radius 3 is 1.56 bits per heavy atom. The van der Waals surface area contributed by atoms with E-state index < -0.39 is 80.1 Å². The zero-order valence-electron chi connectivity index (χ0n) is 13.8. The fraction of sp³-hybridized carbons (Fsp3) is 0.800. The number of esters is 1. The molecule has 27 heavy (non-hydrogen) atoms. The highest BCUT2D eigenvalue weighted by Crippen LogP contribution is 2.50. The van der Waals surface area contributed by atoms with Crippen molar-refractivity contribution in [3.63, 3.8) is 0 Å². The molecule has 12 heteroatoms. The zero-order chi connectivity index (χ0) is 21.3. The summed E-state index contributed by atoms with van der Waals surface area (Å²) in [6.45, 7) is -1.74. The van der Waals surface area contributed by atoms with Gasteiger partial charge in [-0.3, -0.25) is 0 Å².